The van der Waals surface area contributed by atoms with Crippen molar-refractivity contribution in [2.24, 2.45) is 0 Å². The summed E-state index contributed by atoms with van der Waals surface area (Å²) in [5.74, 6) is 0.274. The van der Waals surface area contributed by atoms with Gasteiger partial charge in [0.05, 0.1) is 10.9 Å². The summed E-state index contributed by atoms with van der Waals surface area (Å²) in [6.45, 7) is 0. The summed E-state index contributed by atoms with van der Waals surface area (Å²) in [7, 11) is 0. The van der Waals surface area contributed by atoms with Crippen LogP contribution in [0.2, 0.25) is 5.02 Å². The van der Waals surface area contributed by atoms with Gasteiger partial charge in [0, 0.05) is 11.2 Å². The van der Waals surface area contributed by atoms with E-state index in [4.69, 9.17) is 11.6 Å². The first-order valence-electron chi connectivity index (χ1n) is 5.53. The van der Waals surface area contributed by atoms with E-state index in [1.54, 1.807) is 30.3 Å². The third kappa shape index (κ3) is 1.94. The summed E-state index contributed by atoms with van der Waals surface area (Å²) in [6.07, 6.45) is 1.52. The highest BCUT2D eigenvalue weighted by Crippen LogP contribution is 2.13. The van der Waals surface area contributed by atoms with Crippen LogP contribution in [0.3, 0.4) is 0 Å². The Bertz CT molecular complexity index is 868. The van der Waals surface area contributed by atoms with Crippen LogP contribution in [-0.4, -0.2) is 14.5 Å². The second kappa shape index (κ2) is 4.37. The molecule has 3 aromatic rings. The fourth-order valence-corrected chi connectivity index (χ4v) is 2.05. The Kier molecular flexibility index (Phi) is 2.68. The smallest absolute Gasteiger partial charge is 0.306 e. The maximum atomic E-state index is 12.3. The Labute approximate surface area is 112 Å². The van der Waals surface area contributed by atoms with Gasteiger partial charge in [0.15, 0.2) is 0 Å². The zero-order valence-corrected chi connectivity index (χ0v) is 10.4. The van der Waals surface area contributed by atoms with Gasteiger partial charge in [-0.05, 0) is 30.3 Å². The van der Waals surface area contributed by atoms with Crippen LogP contribution in [0.5, 0.6) is 0 Å². The standard InChI is InChI=1S/C13H8ClN3O2/c14-8-4-5-10-9(7-8)12(18)17(13(19)16-10)11-3-1-2-6-15-11/h1-7H,(H,16,19). The largest absolute Gasteiger partial charge is 0.334 e. The van der Waals surface area contributed by atoms with Crippen LogP contribution in [0.4, 0.5) is 0 Å². The van der Waals surface area contributed by atoms with E-state index in [-0.39, 0.29) is 5.82 Å². The van der Waals surface area contributed by atoms with Crippen molar-refractivity contribution in [2.75, 3.05) is 0 Å². The van der Waals surface area contributed by atoms with E-state index in [2.05, 4.69) is 9.97 Å². The van der Waals surface area contributed by atoms with Crippen LogP contribution >= 0.6 is 11.6 Å². The quantitative estimate of drug-likeness (QED) is 0.734. The summed E-state index contributed by atoms with van der Waals surface area (Å²) in [5.41, 5.74) is -0.523. The molecule has 5 nitrogen and oxygen atoms in total. The van der Waals surface area contributed by atoms with Crippen LogP contribution in [0.1, 0.15) is 0 Å². The zero-order valence-electron chi connectivity index (χ0n) is 9.63. The lowest BCUT2D eigenvalue weighted by molar-refractivity contribution is 0.868. The molecule has 2 heterocycles. The predicted octanol–water partition coefficient (Wildman–Crippen LogP) is 1.73. The summed E-state index contributed by atoms with van der Waals surface area (Å²) in [4.78, 5) is 31.0. The van der Waals surface area contributed by atoms with Gasteiger partial charge in [-0.15, -0.1) is 0 Å². The minimum Gasteiger partial charge on any atom is -0.306 e. The SMILES string of the molecule is O=c1[nH]c2ccc(Cl)cc2c(=O)n1-c1ccccn1. The molecule has 0 unspecified atom stereocenters. The van der Waals surface area contributed by atoms with Crippen LogP contribution in [-0.2, 0) is 0 Å². The number of halogens is 1. The molecule has 0 aliphatic heterocycles. The number of aromatic amines is 1. The van der Waals surface area contributed by atoms with Crippen LogP contribution in [0.15, 0.2) is 52.2 Å². The molecule has 94 valence electrons. The van der Waals surface area contributed by atoms with Gasteiger partial charge < -0.3 is 4.98 Å². The van der Waals surface area contributed by atoms with Crippen molar-refractivity contribution in [3.05, 3.63) is 68.5 Å². The highest BCUT2D eigenvalue weighted by Gasteiger charge is 2.10. The summed E-state index contributed by atoms with van der Waals surface area (Å²) in [6, 6.07) is 9.74. The maximum Gasteiger partial charge on any atom is 0.334 e. The molecule has 0 radical (unpaired) electrons. The Hall–Kier alpha value is -2.40. The van der Waals surface area contributed by atoms with E-state index in [9.17, 15) is 9.59 Å². The zero-order chi connectivity index (χ0) is 13.4. The molecule has 0 aliphatic carbocycles. The minimum atomic E-state index is -0.529. The first-order valence-corrected chi connectivity index (χ1v) is 5.90. The first kappa shape index (κ1) is 11.7. The Morgan fingerprint density at radius 3 is 2.74 bits per heavy atom. The molecule has 0 fully saturated rings. The van der Waals surface area contributed by atoms with Crippen molar-refractivity contribution in [1.82, 2.24) is 14.5 Å². The number of H-pyrrole nitrogens is 1. The third-order valence-corrected chi connectivity index (χ3v) is 2.97. The Morgan fingerprint density at radius 2 is 2.00 bits per heavy atom. The maximum absolute atomic E-state index is 12.3. The Morgan fingerprint density at radius 1 is 1.16 bits per heavy atom. The fraction of sp³-hybridized carbons (Fsp3) is 0. The van der Waals surface area contributed by atoms with E-state index < -0.39 is 11.2 Å². The highest BCUT2D eigenvalue weighted by molar-refractivity contribution is 6.31. The van der Waals surface area contributed by atoms with E-state index in [1.165, 1.54) is 12.3 Å². The molecule has 6 heteroatoms. The van der Waals surface area contributed by atoms with Crippen LogP contribution in [0, 0.1) is 0 Å². The van der Waals surface area contributed by atoms with E-state index in [0.717, 1.165) is 4.57 Å². The predicted molar refractivity (Wildman–Crippen MR) is 73.0 cm³/mol. The molecular formula is C13H8ClN3O2. The Balaban J connectivity index is 2.44. The molecule has 19 heavy (non-hydrogen) atoms. The van der Waals surface area contributed by atoms with Crippen molar-refractivity contribution >= 4 is 22.5 Å². The molecule has 2 aromatic heterocycles. The number of pyridine rings is 1. The topological polar surface area (TPSA) is 67.8 Å². The average molecular weight is 274 g/mol. The molecule has 0 atom stereocenters. The second-order valence-corrected chi connectivity index (χ2v) is 4.38. The summed E-state index contributed by atoms with van der Waals surface area (Å²) in [5, 5.41) is 0.780. The second-order valence-electron chi connectivity index (χ2n) is 3.95. The van der Waals surface area contributed by atoms with Crippen molar-refractivity contribution in [2.45, 2.75) is 0 Å². The van der Waals surface area contributed by atoms with E-state index >= 15 is 0 Å². The molecule has 0 amide bonds. The highest BCUT2D eigenvalue weighted by atomic mass is 35.5. The lowest BCUT2D eigenvalue weighted by Gasteiger charge is -2.05. The number of nitrogens with zero attached hydrogens (tertiary/aromatic N) is 2. The molecular weight excluding hydrogens is 266 g/mol. The fourth-order valence-electron chi connectivity index (χ4n) is 1.88. The molecule has 1 N–H and O–H groups in total. The van der Waals surface area contributed by atoms with E-state index in [1.807, 2.05) is 0 Å². The normalized spacial score (nSPS) is 10.8. The van der Waals surface area contributed by atoms with E-state index in [0.29, 0.717) is 15.9 Å². The van der Waals surface area contributed by atoms with Gasteiger partial charge in [-0.3, -0.25) is 4.79 Å². The van der Waals surface area contributed by atoms with Gasteiger partial charge in [0.25, 0.3) is 5.56 Å². The molecule has 0 bridgehead atoms. The number of benzene rings is 1. The monoisotopic (exact) mass is 273 g/mol. The van der Waals surface area contributed by atoms with Crippen LogP contribution in [0.25, 0.3) is 16.7 Å². The van der Waals surface area contributed by atoms with Crippen molar-refractivity contribution < 1.29 is 0 Å². The van der Waals surface area contributed by atoms with Crippen LogP contribution < -0.4 is 11.2 Å². The van der Waals surface area contributed by atoms with Gasteiger partial charge in [0.1, 0.15) is 5.82 Å². The molecule has 0 saturated carbocycles. The van der Waals surface area contributed by atoms with Gasteiger partial charge in [0.2, 0.25) is 0 Å². The molecule has 0 spiro atoms. The first-order chi connectivity index (χ1) is 9.16. The molecule has 0 aliphatic rings. The molecule has 0 saturated heterocycles. The number of fused-ring (bicyclic) bond motifs is 1. The number of nitrogens with one attached hydrogen (secondary N) is 1. The minimum absolute atomic E-state index is 0.274. The number of rotatable bonds is 1. The summed E-state index contributed by atoms with van der Waals surface area (Å²) < 4.78 is 0.985. The molecule has 1 aromatic carbocycles. The lowest BCUT2D eigenvalue weighted by atomic mass is 10.2. The van der Waals surface area contributed by atoms with Gasteiger partial charge in [-0.25, -0.2) is 14.3 Å². The van der Waals surface area contributed by atoms with Crippen molar-refractivity contribution in [3.63, 3.8) is 0 Å². The van der Waals surface area contributed by atoms with Crippen molar-refractivity contribution in [3.8, 4) is 5.82 Å². The number of hydrogen-bond acceptors (Lipinski definition) is 3. The summed E-state index contributed by atoms with van der Waals surface area (Å²) >= 11 is 5.87. The average Bonchev–Trinajstić information content (AvgIpc) is 2.41. The molecule has 3 rings (SSSR count). The number of hydrogen-bond donors (Lipinski definition) is 1. The number of aromatic nitrogens is 3. The van der Waals surface area contributed by atoms with Gasteiger partial charge >= 0.3 is 5.69 Å². The third-order valence-electron chi connectivity index (χ3n) is 2.74. The van der Waals surface area contributed by atoms with Gasteiger partial charge in [-0.2, -0.15) is 0 Å². The lowest BCUT2D eigenvalue weighted by Crippen LogP contribution is -2.34. The van der Waals surface area contributed by atoms with Crippen molar-refractivity contribution in [1.29, 1.82) is 0 Å². The van der Waals surface area contributed by atoms with Gasteiger partial charge in [-0.1, -0.05) is 17.7 Å².